The number of ether oxygens (including phenoxy) is 1. The zero-order valence-electron chi connectivity index (χ0n) is 14.9. The first kappa shape index (κ1) is 19.3. The summed E-state index contributed by atoms with van der Waals surface area (Å²) in [7, 11) is 3.92. The number of carbonyl (C=O) groups excluding carboxylic acids is 1. The Labute approximate surface area is 153 Å². The van der Waals surface area contributed by atoms with Crippen LogP contribution in [0.5, 0.6) is 5.75 Å². The van der Waals surface area contributed by atoms with Gasteiger partial charge in [-0.25, -0.2) is 0 Å². The Kier molecular flexibility index (Phi) is 7.34. The quantitative estimate of drug-likeness (QED) is 0.687. The fourth-order valence-corrected chi connectivity index (χ4v) is 2.73. The fourth-order valence-electron chi connectivity index (χ4n) is 2.51. The van der Waals surface area contributed by atoms with E-state index in [0.717, 1.165) is 17.1 Å². The molecular formula is C19H25ClN2O3. The number of furan rings is 1. The zero-order chi connectivity index (χ0) is 18.2. The van der Waals surface area contributed by atoms with Crippen LogP contribution in [0.2, 0.25) is 5.02 Å². The molecule has 136 valence electrons. The number of aryl methyl sites for hydroxylation is 1. The number of carbonyl (C=O) groups is 1. The number of hydrogen-bond donors (Lipinski definition) is 1. The summed E-state index contributed by atoms with van der Waals surface area (Å²) in [6, 6.07) is 9.30. The Morgan fingerprint density at radius 1 is 1.36 bits per heavy atom. The topological polar surface area (TPSA) is 54.7 Å². The second-order valence-electron chi connectivity index (χ2n) is 6.16. The van der Waals surface area contributed by atoms with E-state index in [1.54, 1.807) is 12.3 Å². The van der Waals surface area contributed by atoms with Gasteiger partial charge in [0, 0.05) is 18.0 Å². The van der Waals surface area contributed by atoms with Crippen LogP contribution in [-0.2, 0) is 4.79 Å². The first-order valence-electron chi connectivity index (χ1n) is 8.33. The number of benzene rings is 1. The fraction of sp³-hybridized carbons (Fsp3) is 0.421. The van der Waals surface area contributed by atoms with E-state index >= 15 is 0 Å². The monoisotopic (exact) mass is 364 g/mol. The molecule has 2 aromatic rings. The molecule has 1 aromatic heterocycles. The number of halogens is 1. The van der Waals surface area contributed by atoms with Crippen molar-refractivity contribution in [1.29, 1.82) is 0 Å². The van der Waals surface area contributed by atoms with E-state index in [-0.39, 0.29) is 11.9 Å². The third-order valence-electron chi connectivity index (χ3n) is 3.93. The molecule has 0 saturated heterocycles. The predicted octanol–water partition coefficient (Wildman–Crippen LogP) is 3.82. The van der Waals surface area contributed by atoms with E-state index in [1.807, 2.05) is 50.2 Å². The van der Waals surface area contributed by atoms with Gasteiger partial charge in [-0.1, -0.05) is 11.6 Å². The van der Waals surface area contributed by atoms with Crippen molar-refractivity contribution in [2.45, 2.75) is 25.8 Å². The molecule has 6 heteroatoms. The summed E-state index contributed by atoms with van der Waals surface area (Å²) in [5.41, 5.74) is 0.990. The summed E-state index contributed by atoms with van der Waals surface area (Å²) < 4.78 is 11.1. The number of rotatable bonds is 9. The molecule has 0 fully saturated rings. The van der Waals surface area contributed by atoms with Gasteiger partial charge >= 0.3 is 0 Å². The highest BCUT2D eigenvalue weighted by molar-refractivity contribution is 6.30. The minimum atomic E-state index is 0.00911. The summed E-state index contributed by atoms with van der Waals surface area (Å²) in [6.45, 7) is 2.95. The molecule has 1 amide bonds. The molecule has 25 heavy (non-hydrogen) atoms. The highest BCUT2D eigenvalue weighted by Gasteiger charge is 2.17. The summed E-state index contributed by atoms with van der Waals surface area (Å²) in [5.74, 6) is 1.65. The van der Waals surface area contributed by atoms with Crippen molar-refractivity contribution in [3.63, 3.8) is 0 Å². The van der Waals surface area contributed by atoms with Crippen molar-refractivity contribution in [3.05, 3.63) is 52.9 Å². The highest BCUT2D eigenvalue weighted by Crippen LogP contribution is 2.22. The Morgan fingerprint density at radius 2 is 2.16 bits per heavy atom. The van der Waals surface area contributed by atoms with Crippen LogP contribution in [0.3, 0.4) is 0 Å². The summed E-state index contributed by atoms with van der Waals surface area (Å²) >= 11 is 5.92. The summed E-state index contributed by atoms with van der Waals surface area (Å²) in [6.07, 6.45) is 2.72. The van der Waals surface area contributed by atoms with Gasteiger partial charge in [0.15, 0.2) is 0 Å². The van der Waals surface area contributed by atoms with E-state index in [2.05, 4.69) is 5.32 Å². The maximum absolute atomic E-state index is 12.0. The van der Waals surface area contributed by atoms with Crippen molar-refractivity contribution in [2.24, 2.45) is 0 Å². The molecule has 0 aliphatic carbocycles. The van der Waals surface area contributed by atoms with E-state index in [1.165, 1.54) is 0 Å². The maximum Gasteiger partial charge on any atom is 0.220 e. The van der Waals surface area contributed by atoms with Gasteiger partial charge < -0.3 is 14.5 Å². The van der Waals surface area contributed by atoms with Crippen LogP contribution in [0.4, 0.5) is 0 Å². The highest BCUT2D eigenvalue weighted by atomic mass is 35.5. The van der Waals surface area contributed by atoms with Crippen LogP contribution in [0.25, 0.3) is 0 Å². The molecule has 0 spiro atoms. The van der Waals surface area contributed by atoms with Gasteiger partial charge in [0.2, 0.25) is 5.91 Å². The molecule has 1 atom stereocenters. The smallest absolute Gasteiger partial charge is 0.220 e. The standard InChI is InChI=1S/C19H25ClN2O3/c1-14-12-15(20)8-9-17(14)24-11-5-7-19(23)21-13-16(22(2)3)18-6-4-10-25-18/h4,6,8-10,12,16H,5,7,11,13H2,1-3H3,(H,21,23). The third kappa shape index (κ3) is 6.11. The van der Waals surface area contributed by atoms with Gasteiger partial charge in [0.05, 0.1) is 18.9 Å². The second-order valence-corrected chi connectivity index (χ2v) is 6.60. The van der Waals surface area contributed by atoms with E-state index in [9.17, 15) is 4.79 Å². The number of likely N-dealkylation sites (N-methyl/N-ethyl adjacent to an activating group) is 1. The Bertz CT molecular complexity index is 671. The molecular weight excluding hydrogens is 340 g/mol. The van der Waals surface area contributed by atoms with Crippen LogP contribution in [0.15, 0.2) is 41.0 Å². The van der Waals surface area contributed by atoms with Crippen molar-refractivity contribution in [1.82, 2.24) is 10.2 Å². The molecule has 1 N–H and O–H groups in total. The van der Waals surface area contributed by atoms with Crippen molar-refractivity contribution in [2.75, 3.05) is 27.2 Å². The molecule has 5 nitrogen and oxygen atoms in total. The molecule has 0 saturated carbocycles. The van der Waals surface area contributed by atoms with Crippen molar-refractivity contribution in [3.8, 4) is 5.75 Å². The number of amides is 1. The lowest BCUT2D eigenvalue weighted by Crippen LogP contribution is -2.34. The van der Waals surface area contributed by atoms with Gasteiger partial charge in [-0.15, -0.1) is 0 Å². The molecule has 0 radical (unpaired) electrons. The van der Waals surface area contributed by atoms with Crippen LogP contribution < -0.4 is 10.1 Å². The minimum Gasteiger partial charge on any atom is -0.493 e. The molecule has 1 heterocycles. The lowest BCUT2D eigenvalue weighted by Gasteiger charge is -2.22. The molecule has 1 unspecified atom stereocenters. The Balaban J connectivity index is 1.70. The van der Waals surface area contributed by atoms with Crippen LogP contribution in [-0.4, -0.2) is 38.1 Å². The van der Waals surface area contributed by atoms with E-state index in [0.29, 0.717) is 31.0 Å². The third-order valence-corrected chi connectivity index (χ3v) is 4.17. The summed E-state index contributed by atoms with van der Waals surface area (Å²) in [5, 5.41) is 3.65. The Morgan fingerprint density at radius 3 is 2.80 bits per heavy atom. The average molecular weight is 365 g/mol. The molecule has 2 rings (SSSR count). The lowest BCUT2D eigenvalue weighted by atomic mass is 10.2. The first-order valence-corrected chi connectivity index (χ1v) is 8.70. The van der Waals surface area contributed by atoms with Crippen LogP contribution >= 0.6 is 11.6 Å². The van der Waals surface area contributed by atoms with Crippen molar-refractivity contribution < 1.29 is 13.9 Å². The number of nitrogens with zero attached hydrogens (tertiary/aromatic N) is 1. The van der Waals surface area contributed by atoms with E-state index < -0.39 is 0 Å². The average Bonchev–Trinajstić information content (AvgIpc) is 3.07. The number of nitrogens with one attached hydrogen (secondary N) is 1. The van der Waals surface area contributed by atoms with Crippen LogP contribution in [0, 0.1) is 6.92 Å². The van der Waals surface area contributed by atoms with E-state index in [4.69, 9.17) is 20.8 Å². The second kappa shape index (κ2) is 9.49. The Hall–Kier alpha value is -1.98. The SMILES string of the molecule is Cc1cc(Cl)ccc1OCCCC(=O)NCC(c1ccco1)N(C)C. The lowest BCUT2D eigenvalue weighted by molar-refractivity contribution is -0.121. The summed E-state index contributed by atoms with van der Waals surface area (Å²) in [4.78, 5) is 14.0. The molecule has 0 aliphatic rings. The van der Waals surface area contributed by atoms with Gasteiger partial charge in [0.1, 0.15) is 11.5 Å². The first-order chi connectivity index (χ1) is 12.0. The molecule has 0 bridgehead atoms. The normalized spacial score (nSPS) is 12.2. The molecule has 0 aliphatic heterocycles. The van der Waals surface area contributed by atoms with Crippen molar-refractivity contribution >= 4 is 17.5 Å². The number of hydrogen-bond acceptors (Lipinski definition) is 4. The van der Waals surface area contributed by atoms with Gasteiger partial charge in [-0.05, 0) is 63.3 Å². The van der Waals surface area contributed by atoms with Gasteiger partial charge in [-0.2, -0.15) is 0 Å². The minimum absolute atomic E-state index is 0.00911. The van der Waals surface area contributed by atoms with Gasteiger partial charge in [-0.3, -0.25) is 9.69 Å². The maximum atomic E-state index is 12.0. The zero-order valence-corrected chi connectivity index (χ0v) is 15.7. The predicted molar refractivity (Wildman–Crippen MR) is 99.1 cm³/mol. The van der Waals surface area contributed by atoms with Crippen LogP contribution in [0.1, 0.15) is 30.2 Å². The molecule has 1 aromatic carbocycles. The largest absolute Gasteiger partial charge is 0.493 e. The van der Waals surface area contributed by atoms with Gasteiger partial charge in [0.25, 0.3) is 0 Å².